The molecule has 0 aliphatic carbocycles. The standard InChI is InChI=1S/C13H15ClN2O2/c1-13(2,3)16-7-11(17)15-10-5-4-8(14)6-9(10)12(16)18/h4-6H,7H2,1-3H3,(H,15,17). The first kappa shape index (κ1) is 12.9. The minimum absolute atomic E-state index is 0.0502. The molecule has 1 N–H and O–H groups in total. The highest BCUT2D eigenvalue weighted by Gasteiger charge is 2.33. The minimum Gasteiger partial charge on any atom is -0.324 e. The highest BCUT2D eigenvalue weighted by atomic mass is 35.5. The summed E-state index contributed by atoms with van der Waals surface area (Å²) in [5.74, 6) is -0.377. The zero-order valence-corrected chi connectivity index (χ0v) is 11.3. The number of hydrogen-bond acceptors (Lipinski definition) is 2. The highest BCUT2D eigenvalue weighted by Crippen LogP contribution is 2.27. The smallest absolute Gasteiger partial charge is 0.256 e. The zero-order valence-electron chi connectivity index (χ0n) is 10.6. The Kier molecular flexibility index (Phi) is 3.07. The number of rotatable bonds is 0. The van der Waals surface area contributed by atoms with Gasteiger partial charge in [-0.2, -0.15) is 0 Å². The van der Waals surface area contributed by atoms with Crippen LogP contribution in [-0.2, 0) is 4.79 Å². The van der Waals surface area contributed by atoms with E-state index in [1.54, 1.807) is 23.1 Å². The molecule has 2 rings (SSSR count). The average Bonchev–Trinajstić information content (AvgIpc) is 2.37. The van der Waals surface area contributed by atoms with Crippen LogP contribution in [0.25, 0.3) is 0 Å². The molecule has 1 aromatic rings. The SMILES string of the molecule is CC(C)(C)N1CC(=O)Nc2ccc(Cl)cc2C1=O. The molecule has 0 saturated carbocycles. The van der Waals surface area contributed by atoms with Gasteiger partial charge < -0.3 is 10.2 Å². The molecule has 0 radical (unpaired) electrons. The van der Waals surface area contributed by atoms with E-state index in [9.17, 15) is 9.59 Å². The van der Waals surface area contributed by atoms with Crippen molar-refractivity contribution in [2.45, 2.75) is 26.3 Å². The van der Waals surface area contributed by atoms with Crippen LogP contribution in [0.4, 0.5) is 5.69 Å². The van der Waals surface area contributed by atoms with Crippen molar-refractivity contribution in [2.75, 3.05) is 11.9 Å². The molecular formula is C13H15ClN2O2. The Bertz CT molecular complexity index is 520. The molecule has 0 saturated heterocycles. The molecule has 2 amide bonds. The van der Waals surface area contributed by atoms with Crippen LogP contribution in [0.1, 0.15) is 31.1 Å². The van der Waals surface area contributed by atoms with Crippen LogP contribution in [0.15, 0.2) is 18.2 Å². The summed E-state index contributed by atoms with van der Waals surface area (Å²) in [6, 6.07) is 4.89. The van der Waals surface area contributed by atoms with Crippen molar-refractivity contribution in [3.63, 3.8) is 0 Å². The summed E-state index contributed by atoms with van der Waals surface area (Å²) in [6.07, 6.45) is 0. The number of halogens is 1. The first-order valence-corrected chi connectivity index (χ1v) is 6.08. The second kappa shape index (κ2) is 4.28. The number of carbonyl (C=O) groups is 2. The van der Waals surface area contributed by atoms with E-state index in [-0.39, 0.29) is 18.4 Å². The Morgan fingerprint density at radius 3 is 2.56 bits per heavy atom. The number of carbonyl (C=O) groups excluding carboxylic acids is 2. The summed E-state index contributed by atoms with van der Waals surface area (Å²) in [4.78, 5) is 25.8. The second-order valence-electron chi connectivity index (χ2n) is 5.30. The minimum atomic E-state index is -0.418. The molecule has 5 heteroatoms. The molecule has 0 fully saturated rings. The van der Waals surface area contributed by atoms with E-state index in [4.69, 9.17) is 11.6 Å². The molecule has 1 heterocycles. The Balaban J connectivity index is 2.54. The van der Waals surface area contributed by atoms with Crippen molar-refractivity contribution in [2.24, 2.45) is 0 Å². The van der Waals surface area contributed by atoms with Crippen molar-refractivity contribution in [1.82, 2.24) is 4.90 Å². The van der Waals surface area contributed by atoms with Crippen LogP contribution in [0.3, 0.4) is 0 Å². The van der Waals surface area contributed by atoms with Crippen molar-refractivity contribution in [1.29, 1.82) is 0 Å². The van der Waals surface area contributed by atoms with Gasteiger partial charge in [-0.15, -0.1) is 0 Å². The summed E-state index contributed by atoms with van der Waals surface area (Å²) >= 11 is 5.91. The van der Waals surface area contributed by atoms with Gasteiger partial charge in [-0.1, -0.05) is 11.6 Å². The number of amides is 2. The van der Waals surface area contributed by atoms with Gasteiger partial charge in [-0.05, 0) is 39.0 Å². The first-order chi connectivity index (χ1) is 8.29. The Hall–Kier alpha value is -1.55. The Morgan fingerprint density at radius 2 is 1.94 bits per heavy atom. The predicted octanol–water partition coefficient (Wildman–Crippen LogP) is 2.53. The number of benzene rings is 1. The van der Waals surface area contributed by atoms with E-state index in [0.717, 1.165) is 0 Å². The third kappa shape index (κ3) is 2.34. The topological polar surface area (TPSA) is 49.4 Å². The molecule has 4 nitrogen and oxygen atoms in total. The van der Waals surface area contributed by atoms with E-state index in [1.807, 2.05) is 20.8 Å². The second-order valence-corrected chi connectivity index (χ2v) is 5.74. The van der Waals surface area contributed by atoms with Gasteiger partial charge in [0.2, 0.25) is 5.91 Å². The van der Waals surface area contributed by atoms with Crippen LogP contribution >= 0.6 is 11.6 Å². The molecule has 96 valence electrons. The van der Waals surface area contributed by atoms with Gasteiger partial charge >= 0.3 is 0 Å². The molecular weight excluding hydrogens is 252 g/mol. The highest BCUT2D eigenvalue weighted by molar-refractivity contribution is 6.31. The van der Waals surface area contributed by atoms with Gasteiger partial charge in [0, 0.05) is 10.6 Å². The molecule has 0 unspecified atom stereocenters. The quantitative estimate of drug-likeness (QED) is 0.784. The molecule has 1 aromatic carbocycles. The van der Waals surface area contributed by atoms with Crippen molar-refractivity contribution < 1.29 is 9.59 Å². The average molecular weight is 267 g/mol. The maximum absolute atomic E-state index is 12.5. The van der Waals surface area contributed by atoms with Gasteiger partial charge in [0.25, 0.3) is 5.91 Å². The normalized spacial score (nSPS) is 16.1. The number of fused-ring (bicyclic) bond motifs is 1. The fourth-order valence-corrected chi connectivity index (χ4v) is 2.07. The third-order valence-corrected chi connectivity index (χ3v) is 3.08. The molecule has 0 atom stereocenters. The third-order valence-electron chi connectivity index (χ3n) is 2.84. The lowest BCUT2D eigenvalue weighted by molar-refractivity contribution is -0.117. The summed E-state index contributed by atoms with van der Waals surface area (Å²) in [6.45, 7) is 5.74. The van der Waals surface area contributed by atoms with Crippen LogP contribution in [0.2, 0.25) is 5.02 Å². The summed E-state index contributed by atoms with van der Waals surface area (Å²) < 4.78 is 0. The number of hydrogen-bond donors (Lipinski definition) is 1. The maximum Gasteiger partial charge on any atom is 0.256 e. The molecule has 0 bridgehead atoms. The van der Waals surface area contributed by atoms with Crippen LogP contribution < -0.4 is 5.32 Å². The first-order valence-electron chi connectivity index (χ1n) is 5.70. The lowest BCUT2D eigenvalue weighted by Gasteiger charge is -2.33. The van der Waals surface area contributed by atoms with Crippen molar-refractivity contribution >= 4 is 29.1 Å². The Morgan fingerprint density at radius 1 is 1.28 bits per heavy atom. The number of anilines is 1. The molecule has 1 aliphatic heterocycles. The van der Waals surface area contributed by atoms with E-state index in [0.29, 0.717) is 16.3 Å². The van der Waals surface area contributed by atoms with E-state index in [1.165, 1.54) is 0 Å². The summed E-state index contributed by atoms with van der Waals surface area (Å²) in [5, 5.41) is 3.20. The van der Waals surface area contributed by atoms with Gasteiger partial charge in [-0.25, -0.2) is 0 Å². The molecule has 18 heavy (non-hydrogen) atoms. The van der Waals surface area contributed by atoms with Gasteiger partial charge in [-0.3, -0.25) is 9.59 Å². The van der Waals surface area contributed by atoms with Gasteiger partial charge in [0.15, 0.2) is 0 Å². The zero-order chi connectivity index (χ0) is 13.5. The van der Waals surface area contributed by atoms with Crippen LogP contribution in [0, 0.1) is 0 Å². The van der Waals surface area contributed by atoms with Crippen LogP contribution in [-0.4, -0.2) is 28.8 Å². The van der Waals surface area contributed by atoms with Crippen LogP contribution in [0.5, 0.6) is 0 Å². The summed E-state index contributed by atoms with van der Waals surface area (Å²) in [5.41, 5.74) is 0.530. The van der Waals surface area contributed by atoms with E-state index in [2.05, 4.69) is 5.32 Å². The number of nitrogens with one attached hydrogen (secondary N) is 1. The van der Waals surface area contributed by atoms with E-state index < -0.39 is 5.54 Å². The molecule has 0 spiro atoms. The Labute approximate surface area is 111 Å². The summed E-state index contributed by atoms with van der Waals surface area (Å²) in [7, 11) is 0. The van der Waals surface area contributed by atoms with Crippen molar-refractivity contribution in [3.05, 3.63) is 28.8 Å². The fourth-order valence-electron chi connectivity index (χ4n) is 1.89. The van der Waals surface area contributed by atoms with Gasteiger partial charge in [0.1, 0.15) is 6.54 Å². The monoisotopic (exact) mass is 266 g/mol. The fraction of sp³-hybridized carbons (Fsp3) is 0.385. The number of nitrogens with zero attached hydrogens (tertiary/aromatic N) is 1. The van der Waals surface area contributed by atoms with Gasteiger partial charge in [0.05, 0.1) is 11.3 Å². The molecule has 0 aromatic heterocycles. The predicted molar refractivity (Wildman–Crippen MR) is 70.9 cm³/mol. The maximum atomic E-state index is 12.5. The van der Waals surface area contributed by atoms with Crippen molar-refractivity contribution in [3.8, 4) is 0 Å². The molecule has 1 aliphatic rings. The van der Waals surface area contributed by atoms with E-state index >= 15 is 0 Å². The lowest BCUT2D eigenvalue weighted by Crippen LogP contribution is -2.47. The lowest BCUT2D eigenvalue weighted by atomic mass is 10.0. The largest absolute Gasteiger partial charge is 0.324 e.